The Morgan fingerprint density at radius 3 is 2.92 bits per heavy atom. The van der Waals surface area contributed by atoms with Crippen molar-refractivity contribution >= 4 is 29.6 Å². The number of amides is 1. The van der Waals surface area contributed by atoms with Gasteiger partial charge in [0.15, 0.2) is 0 Å². The number of anilines is 1. The number of aromatic nitrogens is 1. The molecule has 0 saturated carbocycles. The van der Waals surface area contributed by atoms with Crippen molar-refractivity contribution in [2.24, 2.45) is 5.92 Å². The molecule has 1 aliphatic rings. The van der Waals surface area contributed by atoms with Crippen LogP contribution in [0.3, 0.4) is 0 Å². The second-order valence-corrected chi connectivity index (χ2v) is 6.73. The Bertz CT molecular complexity index is 673. The number of nitrogens with zero attached hydrogens (tertiary/aromatic N) is 2. The molecule has 2 N–H and O–H groups in total. The minimum absolute atomic E-state index is 0.0944. The van der Waals surface area contributed by atoms with Crippen molar-refractivity contribution in [3.63, 3.8) is 0 Å². The van der Waals surface area contributed by atoms with Gasteiger partial charge < -0.3 is 10.6 Å². The highest BCUT2D eigenvalue weighted by Crippen LogP contribution is 2.26. The molecule has 26 heavy (non-hydrogen) atoms. The fourth-order valence-electron chi connectivity index (χ4n) is 3.10. The number of halogens is 1. The maximum Gasteiger partial charge on any atom is 0.242 e. The van der Waals surface area contributed by atoms with E-state index in [1.807, 2.05) is 26.2 Å². The molecule has 0 spiro atoms. The summed E-state index contributed by atoms with van der Waals surface area (Å²) < 4.78 is 0. The maximum atomic E-state index is 12.6. The molecule has 1 saturated heterocycles. The van der Waals surface area contributed by atoms with Crippen molar-refractivity contribution < 1.29 is 9.59 Å². The number of rotatable bonds is 7. The third-order valence-electron chi connectivity index (χ3n) is 4.51. The fourth-order valence-corrected chi connectivity index (χ4v) is 3.21. The first-order valence-electron chi connectivity index (χ1n) is 8.70. The number of carbonyl (C=O) groups is 2. The van der Waals surface area contributed by atoms with Gasteiger partial charge in [0.25, 0.3) is 0 Å². The van der Waals surface area contributed by atoms with E-state index in [-0.39, 0.29) is 17.9 Å². The molecule has 7 heteroatoms. The van der Waals surface area contributed by atoms with E-state index in [4.69, 9.17) is 11.6 Å². The summed E-state index contributed by atoms with van der Waals surface area (Å²) in [6.07, 6.45) is 9.56. The van der Waals surface area contributed by atoms with Crippen LogP contribution in [0.1, 0.15) is 19.8 Å². The van der Waals surface area contributed by atoms with Gasteiger partial charge in [-0.1, -0.05) is 17.7 Å². The molecule has 2 heterocycles. The Labute approximate surface area is 159 Å². The smallest absolute Gasteiger partial charge is 0.242 e. The third kappa shape index (κ3) is 5.68. The van der Waals surface area contributed by atoms with E-state index in [9.17, 15) is 9.59 Å². The standard InChI is InChI=1S/C19H25ClN4O2/c1-14(19(26)23-18-8-7-17(20)12-22-18)24-9-3-5-16(13-24)15(11-21-2)6-4-10-25/h4,6-8,10-12,14,16,21H,3,5,9,13H2,1-2H3,(H,22,23,26)/b6-4-,15-11?. The molecule has 1 aromatic heterocycles. The third-order valence-corrected chi connectivity index (χ3v) is 4.73. The molecule has 2 unspecified atom stereocenters. The maximum absolute atomic E-state index is 12.6. The van der Waals surface area contributed by atoms with E-state index in [0.717, 1.165) is 37.8 Å². The van der Waals surface area contributed by atoms with Crippen LogP contribution in [0.15, 0.2) is 42.3 Å². The first kappa shape index (κ1) is 20.1. The summed E-state index contributed by atoms with van der Waals surface area (Å²) in [6.45, 7) is 3.53. The van der Waals surface area contributed by atoms with Gasteiger partial charge in [0.2, 0.25) is 5.91 Å². The molecule has 1 amide bonds. The van der Waals surface area contributed by atoms with Gasteiger partial charge >= 0.3 is 0 Å². The largest absolute Gasteiger partial charge is 0.394 e. The van der Waals surface area contributed by atoms with Crippen LogP contribution in [-0.2, 0) is 9.59 Å². The minimum Gasteiger partial charge on any atom is -0.394 e. The van der Waals surface area contributed by atoms with Gasteiger partial charge in [0.1, 0.15) is 12.1 Å². The van der Waals surface area contributed by atoms with Crippen molar-refractivity contribution in [2.45, 2.75) is 25.8 Å². The van der Waals surface area contributed by atoms with E-state index < -0.39 is 0 Å². The van der Waals surface area contributed by atoms with Gasteiger partial charge in [-0.05, 0) is 62.2 Å². The highest BCUT2D eigenvalue weighted by molar-refractivity contribution is 6.30. The number of hydrogen-bond donors (Lipinski definition) is 2. The minimum atomic E-state index is -0.277. The van der Waals surface area contributed by atoms with Crippen LogP contribution < -0.4 is 10.6 Å². The van der Waals surface area contributed by atoms with Crippen LogP contribution >= 0.6 is 11.6 Å². The summed E-state index contributed by atoms with van der Waals surface area (Å²) in [4.78, 5) is 29.5. The van der Waals surface area contributed by atoms with Crippen molar-refractivity contribution in [3.05, 3.63) is 47.3 Å². The van der Waals surface area contributed by atoms with Crippen LogP contribution in [0, 0.1) is 5.92 Å². The van der Waals surface area contributed by atoms with Crippen LogP contribution in [0.25, 0.3) is 0 Å². The first-order valence-corrected chi connectivity index (χ1v) is 9.08. The van der Waals surface area contributed by atoms with Gasteiger partial charge in [-0.3, -0.25) is 14.5 Å². The Morgan fingerprint density at radius 2 is 2.27 bits per heavy atom. The highest BCUT2D eigenvalue weighted by atomic mass is 35.5. The molecule has 1 aromatic rings. The zero-order valence-electron chi connectivity index (χ0n) is 15.1. The first-order chi connectivity index (χ1) is 12.5. The summed E-state index contributed by atoms with van der Waals surface area (Å²) in [5.74, 6) is 0.670. The van der Waals surface area contributed by atoms with E-state index in [1.54, 1.807) is 12.1 Å². The lowest BCUT2D eigenvalue weighted by atomic mass is 9.89. The van der Waals surface area contributed by atoms with Gasteiger partial charge in [-0.15, -0.1) is 0 Å². The number of piperidine rings is 1. The second-order valence-electron chi connectivity index (χ2n) is 6.29. The molecule has 1 aliphatic heterocycles. The zero-order valence-corrected chi connectivity index (χ0v) is 15.9. The summed E-state index contributed by atoms with van der Waals surface area (Å²) in [5.41, 5.74) is 1.07. The lowest BCUT2D eigenvalue weighted by molar-refractivity contribution is -0.121. The van der Waals surface area contributed by atoms with Gasteiger partial charge in [0.05, 0.1) is 11.1 Å². The van der Waals surface area contributed by atoms with E-state index >= 15 is 0 Å². The topological polar surface area (TPSA) is 74.3 Å². The molecule has 2 rings (SSSR count). The Morgan fingerprint density at radius 1 is 1.46 bits per heavy atom. The quantitative estimate of drug-likeness (QED) is 0.434. The molecule has 0 bridgehead atoms. The average molecular weight is 377 g/mol. The molecule has 140 valence electrons. The molecule has 0 aromatic carbocycles. The normalized spacial score (nSPS) is 20.0. The van der Waals surface area contributed by atoms with Crippen molar-refractivity contribution in [1.29, 1.82) is 0 Å². The van der Waals surface area contributed by atoms with Crippen LogP contribution in [0.2, 0.25) is 5.02 Å². The Hall–Kier alpha value is -2.18. The highest BCUT2D eigenvalue weighted by Gasteiger charge is 2.28. The second kappa shape index (κ2) is 10.1. The van der Waals surface area contributed by atoms with Crippen LogP contribution in [-0.4, -0.2) is 48.3 Å². The molecule has 6 nitrogen and oxygen atoms in total. The Balaban J connectivity index is 2.01. The molecule has 0 radical (unpaired) electrons. The van der Waals surface area contributed by atoms with Gasteiger partial charge in [0, 0.05) is 19.8 Å². The summed E-state index contributed by atoms with van der Waals surface area (Å²) in [7, 11) is 1.84. The number of carbonyl (C=O) groups excluding carboxylic acids is 2. The number of likely N-dealkylation sites (tertiary alicyclic amines) is 1. The number of allylic oxidation sites excluding steroid dienone is 2. The Kier molecular flexibility index (Phi) is 7.81. The monoisotopic (exact) mass is 376 g/mol. The predicted octanol–water partition coefficient (Wildman–Crippen LogP) is 2.63. The van der Waals surface area contributed by atoms with E-state index in [1.165, 1.54) is 12.3 Å². The summed E-state index contributed by atoms with van der Waals surface area (Å²) >= 11 is 5.82. The zero-order chi connectivity index (χ0) is 18.9. The van der Waals surface area contributed by atoms with Crippen molar-refractivity contribution in [1.82, 2.24) is 15.2 Å². The summed E-state index contributed by atoms with van der Waals surface area (Å²) in [6, 6.07) is 3.10. The van der Waals surface area contributed by atoms with Crippen molar-refractivity contribution in [3.8, 4) is 0 Å². The molecule has 2 atom stereocenters. The van der Waals surface area contributed by atoms with E-state index in [0.29, 0.717) is 10.8 Å². The lowest BCUT2D eigenvalue weighted by Gasteiger charge is -2.36. The van der Waals surface area contributed by atoms with E-state index in [2.05, 4.69) is 20.5 Å². The number of pyridine rings is 1. The lowest BCUT2D eigenvalue weighted by Crippen LogP contribution is -2.47. The number of aldehydes is 1. The number of nitrogens with one attached hydrogen (secondary N) is 2. The summed E-state index contributed by atoms with van der Waals surface area (Å²) in [5, 5.41) is 6.39. The van der Waals surface area contributed by atoms with Crippen molar-refractivity contribution in [2.75, 3.05) is 25.5 Å². The van der Waals surface area contributed by atoms with Gasteiger partial charge in [-0.2, -0.15) is 0 Å². The molecular formula is C19H25ClN4O2. The van der Waals surface area contributed by atoms with Gasteiger partial charge in [-0.25, -0.2) is 4.98 Å². The molecule has 1 fully saturated rings. The molecule has 0 aliphatic carbocycles. The molecular weight excluding hydrogens is 352 g/mol. The average Bonchev–Trinajstić information content (AvgIpc) is 2.66. The van der Waals surface area contributed by atoms with Crippen LogP contribution in [0.5, 0.6) is 0 Å². The van der Waals surface area contributed by atoms with Crippen LogP contribution in [0.4, 0.5) is 5.82 Å². The fraction of sp³-hybridized carbons (Fsp3) is 0.421. The SMILES string of the molecule is CNC=C(/C=C\C=O)C1CCCN(C(C)C(=O)Nc2ccc(Cl)cn2)C1. The predicted molar refractivity (Wildman–Crippen MR) is 104 cm³/mol. The number of hydrogen-bond acceptors (Lipinski definition) is 5.